The molecule has 0 saturated heterocycles. The number of carboxylic acids is 1. The van der Waals surface area contributed by atoms with E-state index in [4.69, 9.17) is 16.7 Å². The van der Waals surface area contributed by atoms with Gasteiger partial charge in [-0.15, -0.1) is 0 Å². The van der Waals surface area contributed by atoms with Gasteiger partial charge in [0, 0.05) is 4.90 Å². The summed E-state index contributed by atoms with van der Waals surface area (Å²) in [5.74, 6) is -2.20. The van der Waals surface area contributed by atoms with E-state index < -0.39 is 17.3 Å². The Morgan fingerprint density at radius 1 is 1.57 bits per heavy atom. The van der Waals surface area contributed by atoms with E-state index in [1.165, 1.54) is 12.1 Å². The van der Waals surface area contributed by atoms with Crippen molar-refractivity contribution in [3.05, 3.63) is 29.0 Å². The van der Waals surface area contributed by atoms with Crippen LogP contribution in [0.1, 0.15) is 0 Å². The minimum atomic E-state index is -2.07. The van der Waals surface area contributed by atoms with Gasteiger partial charge < -0.3 is 5.11 Å². The van der Waals surface area contributed by atoms with Crippen molar-refractivity contribution in [2.24, 2.45) is 0 Å². The molecule has 0 radical (unpaired) electrons. The number of carboxylic acid groups (broad SMARTS) is 1. The Morgan fingerprint density at radius 3 is 2.71 bits per heavy atom. The number of carbonyl (C=O) groups is 1. The predicted octanol–water partition coefficient (Wildman–Crippen LogP) is 2.95. The van der Waals surface area contributed by atoms with Gasteiger partial charge in [0.25, 0.3) is 0 Å². The predicted molar refractivity (Wildman–Crippen MR) is 49.8 cm³/mol. The van der Waals surface area contributed by atoms with Gasteiger partial charge in [-0.3, -0.25) is 0 Å². The smallest absolute Gasteiger partial charge is 0.349 e. The lowest BCUT2D eigenvalue weighted by atomic mass is 10.3. The van der Waals surface area contributed by atoms with Crippen LogP contribution in [-0.4, -0.2) is 16.6 Å². The molecule has 1 aromatic carbocycles. The Labute approximate surface area is 87.9 Å². The zero-order valence-corrected chi connectivity index (χ0v) is 8.28. The SMILES string of the molecule is O=C(O)C(F)Sc1ccc(F)c(Cl)c1. The van der Waals surface area contributed by atoms with Crippen molar-refractivity contribution in [1.29, 1.82) is 0 Å². The van der Waals surface area contributed by atoms with E-state index in [2.05, 4.69) is 0 Å². The molecule has 76 valence electrons. The molecule has 1 N–H and O–H groups in total. The van der Waals surface area contributed by atoms with Crippen molar-refractivity contribution in [1.82, 2.24) is 0 Å². The average Bonchev–Trinajstić information content (AvgIpc) is 2.11. The van der Waals surface area contributed by atoms with Crippen molar-refractivity contribution in [2.45, 2.75) is 10.4 Å². The first-order chi connectivity index (χ1) is 6.50. The third-order valence-electron chi connectivity index (χ3n) is 1.32. The first-order valence-corrected chi connectivity index (χ1v) is 4.75. The summed E-state index contributed by atoms with van der Waals surface area (Å²) >= 11 is 5.88. The first-order valence-electron chi connectivity index (χ1n) is 3.49. The van der Waals surface area contributed by atoms with Crippen LogP contribution in [0.4, 0.5) is 8.78 Å². The van der Waals surface area contributed by atoms with E-state index in [0.29, 0.717) is 11.8 Å². The highest BCUT2D eigenvalue weighted by molar-refractivity contribution is 8.00. The van der Waals surface area contributed by atoms with E-state index >= 15 is 0 Å². The molecule has 1 atom stereocenters. The van der Waals surface area contributed by atoms with Crippen LogP contribution in [0.2, 0.25) is 5.02 Å². The molecule has 0 aliphatic heterocycles. The van der Waals surface area contributed by atoms with Gasteiger partial charge in [0.05, 0.1) is 5.02 Å². The Hall–Kier alpha value is -0.810. The average molecular weight is 239 g/mol. The number of halogens is 3. The molecule has 14 heavy (non-hydrogen) atoms. The van der Waals surface area contributed by atoms with Crippen LogP contribution in [0.25, 0.3) is 0 Å². The van der Waals surface area contributed by atoms with Gasteiger partial charge in [0.1, 0.15) is 5.82 Å². The molecule has 0 bridgehead atoms. The maximum absolute atomic E-state index is 12.7. The highest BCUT2D eigenvalue weighted by atomic mass is 35.5. The van der Waals surface area contributed by atoms with Crippen LogP contribution in [0, 0.1) is 5.82 Å². The number of aliphatic carboxylic acids is 1. The molecule has 0 fully saturated rings. The molecule has 6 heteroatoms. The molecular weight excluding hydrogens is 234 g/mol. The zero-order chi connectivity index (χ0) is 10.7. The van der Waals surface area contributed by atoms with Gasteiger partial charge >= 0.3 is 5.97 Å². The van der Waals surface area contributed by atoms with Gasteiger partial charge in [-0.25, -0.2) is 13.6 Å². The van der Waals surface area contributed by atoms with Crippen LogP contribution in [-0.2, 0) is 4.79 Å². The molecule has 0 amide bonds. The van der Waals surface area contributed by atoms with Crippen molar-refractivity contribution in [2.75, 3.05) is 0 Å². The fourth-order valence-electron chi connectivity index (χ4n) is 0.720. The third kappa shape index (κ3) is 2.85. The van der Waals surface area contributed by atoms with Crippen molar-refractivity contribution >= 4 is 29.3 Å². The molecule has 0 aliphatic carbocycles. The standard InChI is InChI=1S/C8H5ClF2O2S/c9-5-3-4(1-2-6(5)10)14-7(11)8(12)13/h1-3,7H,(H,12,13). The van der Waals surface area contributed by atoms with Crippen LogP contribution in [0.5, 0.6) is 0 Å². The van der Waals surface area contributed by atoms with Gasteiger partial charge in [-0.05, 0) is 18.2 Å². The molecule has 0 saturated carbocycles. The molecule has 2 nitrogen and oxygen atoms in total. The molecule has 1 rings (SSSR count). The summed E-state index contributed by atoms with van der Waals surface area (Å²) in [5, 5.41) is 8.10. The van der Waals surface area contributed by atoms with Crippen molar-refractivity contribution in [3.63, 3.8) is 0 Å². The Kier molecular flexibility index (Phi) is 3.71. The van der Waals surface area contributed by atoms with E-state index in [-0.39, 0.29) is 9.92 Å². The van der Waals surface area contributed by atoms with Crippen LogP contribution < -0.4 is 0 Å². The number of rotatable bonds is 3. The lowest BCUT2D eigenvalue weighted by molar-refractivity contribution is -0.139. The lowest BCUT2D eigenvalue weighted by Crippen LogP contribution is -2.09. The normalized spacial score (nSPS) is 12.5. The Morgan fingerprint density at radius 2 is 2.21 bits per heavy atom. The Bertz CT molecular complexity index is 359. The summed E-state index contributed by atoms with van der Waals surface area (Å²) in [6.45, 7) is 0. The lowest BCUT2D eigenvalue weighted by Gasteiger charge is -2.03. The Balaban J connectivity index is 2.78. The molecule has 1 unspecified atom stereocenters. The van der Waals surface area contributed by atoms with Crippen LogP contribution in [0.15, 0.2) is 23.1 Å². The van der Waals surface area contributed by atoms with E-state index in [0.717, 1.165) is 6.07 Å². The second kappa shape index (κ2) is 4.61. The van der Waals surface area contributed by atoms with Crippen molar-refractivity contribution < 1.29 is 18.7 Å². The second-order valence-electron chi connectivity index (χ2n) is 2.35. The number of hydrogen-bond donors (Lipinski definition) is 1. The minimum Gasteiger partial charge on any atom is -0.478 e. The largest absolute Gasteiger partial charge is 0.478 e. The molecule has 1 aromatic rings. The van der Waals surface area contributed by atoms with E-state index in [1.807, 2.05) is 0 Å². The molecule has 0 aromatic heterocycles. The summed E-state index contributed by atoms with van der Waals surface area (Å²) in [4.78, 5) is 10.4. The summed E-state index contributed by atoms with van der Waals surface area (Å²) in [7, 11) is 0. The van der Waals surface area contributed by atoms with E-state index in [9.17, 15) is 13.6 Å². The fraction of sp³-hybridized carbons (Fsp3) is 0.125. The summed E-state index contributed by atoms with van der Waals surface area (Å²) in [6.07, 6.45) is 0. The van der Waals surface area contributed by atoms with Crippen molar-refractivity contribution in [3.8, 4) is 0 Å². The molecule has 0 heterocycles. The van der Waals surface area contributed by atoms with Gasteiger partial charge in [0.15, 0.2) is 0 Å². The third-order valence-corrected chi connectivity index (χ3v) is 2.55. The monoisotopic (exact) mass is 238 g/mol. The minimum absolute atomic E-state index is 0.160. The first kappa shape index (κ1) is 11.3. The highest BCUT2D eigenvalue weighted by Crippen LogP contribution is 2.28. The second-order valence-corrected chi connectivity index (χ2v) is 3.88. The van der Waals surface area contributed by atoms with Crippen LogP contribution >= 0.6 is 23.4 Å². The van der Waals surface area contributed by atoms with Gasteiger partial charge in [-0.1, -0.05) is 23.4 Å². The molecule has 0 aliphatic rings. The summed E-state index contributed by atoms with van der Waals surface area (Å²) in [6, 6.07) is 3.50. The topological polar surface area (TPSA) is 37.3 Å². The number of thioether (sulfide) groups is 1. The van der Waals surface area contributed by atoms with Gasteiger partial charge in [-0.2, -0.15) is 0 Å². The molecule has 0 spiro atoms. The van der Waals surface area contributed by atoms with E-state index in [1.54, 1.807) is 0 Å². The summed E-state index contributed by atoms with van der Waals surface area (Å²) < 4.78 is 25.3. The molecular formula is C8H5ClF2O2S. The number of benzene rings is 1. The number of hydrogen-bond acceptors (Lipinski definition) is 2. The highest BCUT2D eigenvalue weighted by Gasteiger charge is 2.17. The maximum Gasteiger partial charge on any atom is 0.349 e. The van der Waals surface area contributed by atoms with Crippen LogP contribution in [0.3, 0.4) is 0 Å². The maximum atomic E-state index is 12.7. The summed E-state index contributed by atoms with van der Waals surface area (Å²) in [5.41, 5.74) is -2.07. The quantitative estimate of drug-likeness (QED) is 0.823. The number of alkyl halides is 1. The zero-order valence-electron chi connectivity index (χ0n) is 6.71. The fourth-order valence-corrected chi connectivity index (χ4v) is 1.64. The van der Waals surface area contributed by atoms with Gasteiger partial charge in [0.2, 0.25) is 5.50 Å².